The molecule has 0 bridgehead atoms. The number of rotatable bonds is 5. The summed E-state index contributed by atoms with van der Waals surface area (Å²) < 4.78 is 1.61. The second kappa shape index (κ2) is 5.34. The number of aryl methyl sites for hydroxylation is 1. The number of anilines is 1. The van der Waals surface area contributed by atoms with Crippen LogP contribution in [0.2, 0.25) is 0 Å². The van der Waals surface area contributed by atoms with Gasteiger partial charge >= 0.3 is 0 Å². The lowest BCUT2D eigenvalue weighted by Gasteiger charge is -2.05. The van der Waals surface area contributed by atoms with Crippen LogP contribution in [0.1, 0.15) is 11.1 Å². The van der Waals surface area contributed by atoms with Gasteiger partial charge in [0.2, 0.25) is 0 Å². The molecular weight excluding hydrogens is 244 g/mol. The molecule has 0 spiro atoms. The number of hydrogen-bond donors (Lipinski definition) is 1. The molecule has 6 heteroatoms. The van der Waals surface area contributed by atoms with Crippen molar-refractivity contribution in [1.29, 1.82) is 0 Å². The second-order valence-corrected chi connectivity index (χ2v) is 4.12. The standard InChI is InChI=1S/C13H14N4O2/c1-3-16-9-11(8-15-16)7-14-12-5-4-10(2)13(6-12)17(18)19/h3-6,8-9,14H,1,7H2,2H3. The molecule has 98 valence electrons. The Balaban J connectivity index is 2.09. The Morgan fingerprint density at radius 3 is 3.00 bits per heavy atom. The van der Waals surface area contributed by atoms with Gasteiger partial charge in [-0.25, -0.2) is 4.68 Å². The van der Waals surface area contributed by atoms with Crippen molar-refractivity contribution in [2.45, 2.75) is 13.5 Å². The predicted octanol–water partition coefficient (Wildman–Crippen LogP) is 2.81. The number of nitrogens with zero attached hydrogens (tertiary/aromatic N) is 3. The zero-order valence-corrected chi connectivity index (χ0v) is 10.5. The summed E-state index contributed by atoms with van der Waals surface area (Å²) in [6, 6.07) is 5.08. The smallest absolute Gasteiger partial charge is 0.274 e. The van der Waals surface area contributed by atoms with Gasteiger partial charge in [-0.05, 0) is 13.0 Å². The van der Waals surface area contributed by atoms with Crippen LogP contribution >= 0.6 is 0 Å². The van der Waals surface area contributed by atoms with Crippen molar-refractivity contribution in [3.05, 3.63) is 58.4 Å². The monoisotopic (exact) mass is 258 g/mol. The van der Waals surface area contributed by atoms with Crippen LogP contribution in [0.4, 0.5) is 11.4 Å². The summed E-state index contributed by atoms with van der Waals surface area (Å²) in [6.45, 7) is 5.88. The second-order valence-electron chi connectivity index (χ2n) is 4.12. The Morgan fingerprint density at radius 2 is 2.37 bits per heavy atom. The average Bonchev–Trinajstić information content (AvgIpc) is 2.85. The van der Waals surface area contributed by atoms with Crippen LogP contribution in [-0.4, -0.2) is 14.7 Å². The van der Waals surface area contributed by atoms with E-state index in [1.807, 2.05) is 12.3 Å². The number of nitro benzene ring substituents is 1. The summed E-state index contributed by atoms with van der Waals surface area (Å²) in [5, 5.41) is 18.0. The maximum atomic E-state index is 10.8. The maximum absolute atomic E-state index is 10.8. The first-order chi connectivity index (χ1) is 9.10. The van der Waals surface area contributed by atoms with Gasteiger partial charge in [0, 0.05) is 41.8 Å². The fourth-order valence-corrected chi connectivity index (χ4v) is 1.69. The van der Waals surface area contributed by atoms with Crippen molar-refractivity contribution in [3.63, 3.8) is 0 Å². The highest BCUT2D eigenvalue weighted by molar-refractivity contribution is 5.55. The molecule has 1 N–H and O–H groups in total. The first-order valence-electron chi connectivity index (χ1n) is 5.74. The van der Waals surface area contributed by atoms with Crippen LogP contribution in [0, 0.1) is 17.0 Å². The molecule has 0 aliphatic rings. The molecule has 1 aromatic heterocycles. The molecule has 0 unspecified atom stereocenters. The van der Waals surface area contributed by atoms with E-state index in [1.165, 1.54) is 6.07 Å². The van der Waals surface area contributed by atoms with Crippen molar-refractivity contribution in [2.75, 3.05) is 5.32 Å². The van der Waals surface area contributed by atoms with Crippen LogP contribution < -0.4 is 5.32 Å². The highest BCUT2D eigenvalue weighted by Gasteiger charge is 2.10. The van der Waals surface area contributed by atoms with E-state index in [9.17, 15) is 10.1 Å². The van der Waals surface area contributed by atoms with Gasteiger partial charge in [-0.2, -0.15) is 5.10 Å². The molecule has 1 aromatic carbocycles. The zero-order chi connectivity index (χ0) is 13.8. The van der Waals surface area contributed by atoms with Crippen LogP contribution in [0.15, 0.2) is 37.2 Å². The quantitative estimate of drug-likeness (QED) is 0.661. The third kappa shape index (κ3) is 2.98. The summed E-state index contributed by atoms with van der Waals surface area (Å²) in [5.41, 5.74) is 2.45. The minimum absolute atomic E-state index is 0.117. The summed E-state index contributed by atoms with van der Waals surface area (Å²) in [6.07, 6.45) is 5.15. The van der Waals surface area contributed by atoms with E-state index in [-0.39, 0.29) is 10.6 Å². The van der Waals surface area contributed by atoms with E-state index in [0.29, 0.717) is 17.8 Å². The molecule has 0 aliphatic carbocycles. The van der Waals surface area contributed by atoms with E-state index in [1.54, 1.807) is 30.1 Å². The van der Waals surface area contributed by atoms with E-state index >= 15 is 0 Å². The van der Waals surface area contributed by atoms with Crippen molar-refractivity contribution < 1.29 is 4.92 Å². The minimum Gasteiger partial charge on any atom is -0.381 e. The summed E-state index contributed by atoms with van der Waals surface area (Å²) in [4.78, 5) is 10.5. The number of nitro groups is 1. The molecule has 0 atom stereocenters. The van der Waals surface area contributed by atoms with E-state index in [4.69, 9.17) is 0 Å². The molecule has 2 rings (SSSR count). The molecule has 0 saturated heterocycles. The SMILES string of the molecule is C=Cn1cc(CNc2ccc(C)c([N+](=O)[O-])c2)cn1. The summed E-state index contributed by atoms with van der Waals surface area (Å²) in [7, 11) is 0. The predicted molar refractivity (Wildman–Crippen MR) is 73.8 cm³/mol. The Morgan fingerprint density at radius 1 is 1.58 bits per heavy atom. The van der Waals surface area contributed by atoms with Gasteiger partial charge in [-0.15, -0.1) is 0 Å². The number of nitrogens with one attached hydrogen (secondary N) is 1. The zero-order valence-electron chi connectivity index (χ0n) is 10.5. The van der Waals surface area contributed by atoms with Crippen molar-refractivity contribution in [2.24, 2.45) is 0 Å². The molecule has 0 fully saturated rings. The summed E-state index contributed by atoms with van der Waals surface area (Å²) in [5.74, 6) is 0. The Labute approximate surface area is 110 Å². The van der Waals surface area contributed by atoms with Gasteiger partial charge in [0.25, 0.3) is 5.69 Å². The Bertz CT molecular complexity index is 619. The molecule has 0 saturated carbocycles. The molecule has 0 amide bonds. The molecule has 0 aliphatic heterocycles. The minimum atomic E-state index is -0.379. The van der Waals surface area contributed by atoms with Crippen molar-refractivity contribution >= 4 is 17.6 Å². The molecule has 0 radical (unpaired) electrons. The molecule has 6 nitrogen and oxygen atoms in total. The molecule has 19 heavy (non-hydrogen) atoms. The van der Waals surface area contributed by atoms with E-state index < -0.39 is 0 Å². The highest BCUT2D eigenvalue weighted by atomic mass is 16.6. The van der Waals surface area contributed by atoms with Gasteiger partial charge in [0.05, 0.1) is 11.1 Å². The van der Waals surface area contributed by atoms with Gasteiger partial charge in [-0.1, -0.05) is 12.6 Å². The lowest BCUT2D eigenvalue weighted by atomic mass is 10.2. The van der Waals surface area contributed by atoms with E-state index in [2.05, 4.69) is 17.0 Å². The average molecular weight is 258 g/mol. The molecular formula is C13H14N4O2. The normalized spacial score (nSPS) is 10.2. The van der Waals surface area contributed by atoms with Gasteiger partial charge in [-0.3, -0.25) is 10.1 Å². The first-order valence-corrected chi connectivity index (χ1v) is 5.74. The topological polar surface area (TPSA) is 73.0 Å². The van der Waals surface area contributed by atoms with Crippen LogP contribution in [-0.2, 0) is 6.54 Å². The number of aromatic nitrogens is 2. The molecule has 1 heterocycles. The fraction of sp³-hybridized carbons (Fsp3) is 0.154. The highest BCUT2D eigenvalue weighted by Crippen LogP contribution is 2.22. The van der Waals surface area contributed by atoms with Gasteiger partial charge in [0.15, 0.2) is 0 Å². The van der Waals surface area contributed by atoms with Gasteiger partial charge < -0.3 is 5.32 Å². The van der Waals surface area contributed by atoms with Crippen molar-refractivity contribution in [1.82, 2.24) is 9.78 Å². The number of hydrogen-bond acceptors (Lipinski definition) is 4. The molecule has 2 aromatic rings. The first kappa shape index (κ1) is 12.8. The van der Waals surface area contributed by atoms with E-state index in [0.717, 1.165) is 5.56 Å². The summed E-state index contributed by atoms with van der Waals surface area (Å²) >= 11 is 0. The maximum Gasteiger partial charge on any atom is 0.274 e. The lowest BCUT2D eigenvalue weighted by molar-refractivity contribution is -0.385. The van der Waals surface area contributed by atoms with Crippen LogP contribution in [0.25, 0.3) is 6.20 Å². The third-order valence-corrected chi connectivity index (χ3v) is 2.74. The Kier molecular flexibility index (Phi) is 3.61. The van der Waals surface area contributed by atoms with Gasteiger partial charge in [0.1, 0.15) is 0 Å². The van der Waals surface area contributed by atoms with Crippen LogP contribution in [0.3, 0.4) is 0 Å². The lowest BCUT2D eigenvalue weighted by Crippen LogP contribution is -2.00. The number of benzene rings is 1. The Hall–Kier alpha value is -2.63. The third-order valence-electron chi connectivity index (χ3n) is 2.74. The van der Waals surface area contributed by atoms with Crippen molar-refractivity contribution in [3.8, 4) is 0 Å². The largest absolute Gasteiger partial charge is 0.381 e. The fourth-order valence-electron chi connectivity index (χ4n) is 1.69. The van der Waals surface area contributed by atoms with Crippen LogP contribution in [0.5, 0.6) is 0 Å².